The Hall–Kier alpha value is -1.16. The zero-order valence-electron chi connectivity index (χ0n) is 10.1. The van der Waals surface area contributed by atoms with Gasteiger partial charge in [0, 0.05) is 16.4 Å². The first kappa shape index (κ1) is 12.3. The SMILES string of the molecule is CC(C)CCNc1ncnc2ccc(Br)cc12. The van der Waals surface area contributed by atoms with Crippen LogP contribution in [-0.2, 0) is 0 Å². The van der Waals surface area contributed by atoms with Crippen LogP contribution in [0.5, 0.6) is 0 Å². The lowest BCUT2D eigenvalue weighted by molar-refractivity contribution is 0.607. The van der Waals surface area contributed by atoms with E-state index < -0.39 is 0 Å². The average molecular weight is 294 g/mol. The van der Waals surface area contributed by atoms with Crippen molar-refractivity contribution in [1.29, 1.82) is 0 Å². The summed E-state index contributed by atoms with van der Waals surface area (Å²) in [5, 5.41) is 4.44. The predicted octanol–water partition coefficient (Wildman–Crippen LogP) is 3.85. The van der Waals surface area contributed by atoms with Crippen molar-refractivity contribution < 1.29 is 0 Å². The van der Waals surface area contributed by atoms with Gasteiger partial charge in [-0.3, -0.25) is 0 Å². The van der Waals surface area contributed by atoms with Crippen LogP contribution in [0, 0.1) is 5.92 Å². The maximum atomic E-state index is 4.30. The van der Waals surface area contributed by atoms with Gasteiger partial charge in [0.25, 0.3) is 0 Å². The molecule has 0 spiro atoms. The molecule has 0 saturated carbocycles. The minimum absolute atomic E-state index is 0.697. The molecule has 0 aliphatic carbocycles. The normalized spacial score (nSPS) is 11.1. The summed E-state index contributed by atoms with van der Waals surface area (Å²) < 4.78 is 1.05. The minimum atomic E-state index is 0.697. The van der Waals surface area contributed by atoms with Gasteiger partial charge in [-0.1, -0.05) is 29.8 Å². The molecule has 0 saturated heterocycles. The molecule has 4 heteroatoms. The molecule has 1 heterocycles. The van der Waals surface area contributed by atoms with E-state index in [0.29, 0.717) is 5.92 Å². The summed E-state index contributed by atoms with van der Waals surface area (Å²) in [6, 6.07) is 6.04. The Labute approximate surface area is 110 Å². The van der Waals surface area contributed by atoms with Crippen molar-refractivity contribution in [3.8, 4) is 0 Å². The largest absolute Gasteiger partial charge is 0.369 e. The maximum absolute atomic E-state index is 4.30. The van der Waals surface area contributed by atoms with Crippen LogP contribution in [0.3, 0.4) is 0 Å². The Kier molecular flexibility index (Phi) is 3.94. The third kappa shape index (κ3) is 3.16. The number of rotatable bonds is 4. The van der Waals surface area contributed by atoms with Crippen LogP contribution >= 0.6 is 15.9 Å². The van der Waals surface area contributed by atoms with Crippen molar-refractivity contribution in [2.75, 3.05) is 11.9 Å². The van der Waals surface area contributed by atoms with Gasteiger partial charge in [0.2, 0.25) is 0 Å². The highest BCUT2D eigenvalue weighted by atomic mass is 79.9. The lowest BCUT2D eigenvalue weighted by Gasteiger charge is -2.09. The first-order valence-corrected chi connectivity index (χ1v) is 6.60. The Morgan fingerprint density at radius 1 is 1.29 bits per heavy atom. The van der Waals surface area contributed by atoms with Gasteiger partial charge in [-0.2, -0.15) is 0 Å². The molecule has 0 radical (unpaired) electrons. The first-order valence-electron chi connectivity index (χ1n) is 5.81. The van der Waals surface area contributed by atoms with E-state index in [0.717, 1.165) is 34.2 Å². The van der Waals surface area contributed by atoms with Gasteiger partial charge < -0.3 is 5.32 Å². The van der Waals surface area contributed by atoms with Crippen LogP contribution in [0.25, 0.3) is 10.9 Å². The second-order valence-corrected chi connectivity index (χ2v) is 5.41. The molecule has 17 heavy (non-hydrogen) atoms. The highest BCUT2D eigenvalue weighted by Gasteiger charge is 2.03. The average Bonchev–Trinajstić information content (AvgIpc) is 2.29. The third-order valence-electron chi connectivity index (χ3n) is 2.61. The van der Waals surface area contributed by atoms with E-state index in [1.807, 2.05) is 18.2 Å². The quantitative estimate of drug-likeness (QED) is 0.930. The lowest BCUT2D eigenvalue weighted by Crippen LogP contribution is -2.06. The van der Waals surface area contributed by atoms with Crippen LogP contribution in [0.1, 0.15) is 20.3 Å². The van der Waals surface area contributed by atoms with E-state index in [9.17, 15) is 0 Å². The summed E-state index contributed by atoms with van der Waals surface area (Å²) in [7, 11) is 0. The molecular formula is C13H16BrN3. The summed E-state index contributed by atoms with van der Waals surface area (Å²) in [6.07, 6.45) is 2.74. The second kappa shape index (κ2) is 5.45. The molecule has 0 aliphatic rings. The first-order chi connectivity index (χ1) is 8.16. The highest BCUT2D eigenvalue weighted by Crippen LogP contribution is 2.23. The molecule has 1 N–H and O–H groups in total. The fourth-order valence-electron chi connectivity index (χ4n) is 1.65. The fraction of sp³-hybridized carbons (Fsp3) is 0.385. The standard InChI is InChI=1S/C13H16BrN3/c1-9(2)5-6-15-13-11-7-10(14)3-4-12(11)16-8-17-13/h3-4,7-9H,5-6H2,1-2H3,(H,15,16,17). The number of hydrogen-bond donors (Lipinski definition) is 1. The molecule has 0 atom stereocenters. The summed E-state index contributed by atoms with van der Waals surface area (Å²) in [5.41, 5.74) is 0.968. The number of nitrogens with one attached hydrogen (secondary N) is 1. The smallest absolute Gasteiger partial charge is 0.137 e. The van der Waals surface area contributed by atoms with Gasteiger partial charge in [0.05, 0.1) is 5.52 Å². The van der Waals surface area contributed by atoms with Crippen LogP contribution in [-0.4, -0.2) is 16.5 Å². The molecule has 90 valence electrons. The molecule has 3 nitrogen and oxygen atoms in total. The van der Waals surface area contributed by atoms with Crippen LogP contribution in [0.2, 0.25) is 0 Å². The Morgan fingerprint density at radius 3 is 2.88 bits per heavy atom. The fourth-order valence-corrected chi connectivity index (χ4v) is 2.01. The van der Waals surface area contributed by atoms with E-state index >= 15 is 0 Å². The number of aromatic nitrogens is 2. The monoisotopic (exact) mass is 293 g/mol. The zero-order chi connectivity index (χ0) is 12.3. The third-order valence-corrected chi connectivity index (χ3v) is 3.10. The van der Waals surface area contributed by atoms with Crippen molar-refractivity contribution in [2.45, 2.75) is 20.3 Å². The minimum Gasteiger partial charge on any atom is -0.369 e. The molecule has 0 unspecified atom stereocenters. The van der Waals surface area contributed by atoms with Gasteiger partial charge in [0.1, 0.15) is 12.1 Å². The molecular weight excluding hydrogens is 278 g/mol. The van der Waals surface area contributed by atoms with Crippen LogP contribution in [0.15, 0.2) is 29.0 Å². The summed E-state index contributed by atoms with van der Waals surface area (Å²) in [6.45, 7) is 5.38. The van der Waals surface area contributed by atoms with Crippen molar-refractivity contribution in [3.63, 3.8) is 0 Å². The van der Waals surface area contributed by atoms with E-state index in [2.05, 4.69) is 45.1 Å². The topological polar surface area (TPSA) is 37.8 Å². The molecule has 2 aromatic rings. The summed E-state index contributed by atoms with van der Waals surface area (Å²) in [4.78, 5) is 8.56. The Balaban J connectivity index is 2.24. The van der Waals surface area contributed by atoms with Crippen LogP contribution in [0.4, 0.5) is 5.82 Å². The molecule has 0 aliphatic heterocycles. The molecule has 0 fully saturated rings. The number of benzene rings is 1. The van der Waals surface area contributed by atoms with E-state index in [1.165, 1.54) is 0 Å². The zero-order valence-corrected chi connectivity index (χ0v) is 11.7. The molecule has 2 rings (SSSR count). The van der Waals surface area contributed by atoms with Gasteiger partial charge in [-0.25, -0.2) is 9.97 Å². The van der Waals surface area contributed by atoms with Crippen molar-refractivity contribution in [1.82, 2.24) is 9.97 Å². The van der Waals surface area contributed by atoms with Gasteiger partial charge in [0.15, 0.2) is 0 Å². The van der Waals surface area contributed by atoms with Crippen LogP contribution < -0.4 is 5.32 Å². The highest BCUT2D eigenvalue weighted by molar-refractivity contribution is 9.10. The Bertz CT molecular complexity index is 511. The maximum Gasteiger partial charge on any atom is 0.137 e. The number of hydrogen-bond acceptors (Lipinski definition) is 3. The van der Waals surface area contributed by atoms with Gasteiger partial charge in [-0.05, 0) is 30.5 Å². The lowest BCUT2D eigenvalue weighted by atomic mass is 10.1. The van der Waals surface area contributed by atoms with E-state index in [-0.39, 0.29) is 0 Å². The van der Waals surface area contributed by atoms with Crippen molar-refractivity contribution in [3.05, 3.63) is 29.0 Å². The second-order valence-electron chi connectivity index (χ2n) is 4.49. The molecule has 0 bridgehead atoms. The van der Waals surface area contributed by atoms with E-state index in [1.54, 1.807) is 6.33 Å². The van der Waals surface area contributed by atoms with Gasteiger partial charge >= 0.3 is 0 Å². The molecule has 1 aromatic heterocycles. The number of halogens is 1. The van der Waals surface area contributed by atoms with Crippen molar-refractivity contribution >= 4 is 32.7 Å². The predicted molar refractivity (Wildman–Crippen MR) is 75.2 cm³/mol. The van der Waals surface area contributed by atoms with Gasteiger partial charge in [-0.15, -0.1) is 0 Å². The number of nitrogens with zero attached hydrogens (tertiary/aromatic N) is 2. The summed E-state index contributed by atoms with van der Waals surface area (Å²) in [5.74, 6) is 1.61. The summed E-state index contributed by atoms with van der Waals surface area (Å²) >= 11 is 3.47. The Morgan fingerprint density at radius 2 is 2.12 bits per heavy atom. The number of anilines is 1. The van der Waals surface area contributed by atoms with Crippen molar-refractivity contribution in [2.24, 2.45) is 5.92 Å². The molecule has 0 amide bonds. The van der Waals surface area contributed by atoms with E-state index in [4.69, 9.17) is 0 Å². The molecule has 1 aromatic carbocycles. The number of fused-ring (bicyclic) bond motifs is 1.